The number of aromatic nitrogens is 5. The van der Waals surface area contributed by atoms with Crippen LogP contribution in [-0.4, -0.2) is 24.5 Å². The van der Waals surface area contributed by atoms with Gasteiger partial charge in [0.1, 0.15) is 16.2 Å². The summed E-state index contributed by atoms with van der Waals surface area (Å²) < 4.78 is 207. The number of benzene rings is 6. The molecule has 4 heterocycles. The number of rotatable bonds is 4. The molecule has 47 heavy (non-hydrogen) atoms. The van der Waals surface area contributed by atoms with Crippen LogP contribution in [0.3, 0.4) is 0 Å². The Hall–Kier alpha value is -6.18. The van der Waals surface area contributed by atoms with E-state index in [4.69, 9.17) is 31.8 Å². The summed E-state index contributed by atoms with van der Waals surface area (Å²) in [7, 11) is 0. The van der Waals surface area contributed by atoms with Crippen molar-refractivity contribution in [3.05, 3.63) is 139 Å². The molecule has 10 aromatic rings. The molecule has 0 aliphatic carbocycles. The third kappa shape index (κ3) is 4.10. The molecule has 0 atom stereocenters. The van der Waals surface area contributed by atoms with Gasteiger partial charge in [0, 0.05) is 38.2 Å². The molecule has 0 aliphatic rings. The summed E-state index contributed by atoms with van der Waals surface area (Å²) in [5.41, 5.74) is -3.80. The molecular weight excluding hydrogens is 599 g/mol. The van der Waals surface area contributed by atoms with Gasteiger partial charge in [0.25, 0.3) is 0 Å². The van der Waals surface area contributed by atoms with Crippen LogP contribution in [0.5, 0.6) is 0 Å². The van der Waals surface area contributed by atoms with Crippen molar-refractivity contribution < 1.29 is 35.9 Å². The highest BCUT2D eigenvalue weighted by atomic mass is 32.1. The molecular formula is C40H23N5OS. The zero-order valence-electron chi connectivity index (χ0n) is 46.1. The van der Waals surface area contributed by atoms with Gasteiger partial charge in [0.2, 0.25) is 5.95 Å². The first-order valence-electron chi connectivity index (χ1n) is 25.0. The van der Waals surface area contributed by atoms with Crippen molar-refractivity contribution in [3.8, 4) is 39.3 Å². The Kier molecular flexibility index (Phi) is 2.64. The summed E-state index contributed by atoms with van der Waals surface area (Å²) in [6, 6.07) is -16.9. The predicted octanol–water partition coefficient (Wildman–Crippen LogP) is 10.5. The Morgan fingerprint density at radius 1 is 0.532 bits per heavy atom. The molecule has 0 amide bonds. The summed E-state index contributed by atoms with van der Waals surface area (Å²) in [6.07, 6.45) is 0. The van der Waals surface area contributed by atoms with Crippen LogP contribution >= 0.6 is 11.3 Å². The van der Waals surface area contributed by atoms with Gasteiger partial charge in [-0.25, -0.2) is 9.97 Å². The van der Waals surface area contributed by atoms with Crippen molar-refractivity contribution in [2.45, 2.75) is 0 Å². The molecule has 0 spiro atoms. The SMILES string of the molecule is [2H]c1c([2H])c([2H])c(-c2nc3c([2H])c([2H])c([2H])c(-c4nc(-c5c([2H])c([2H])c6c(oc7c([2H])c([2H])c([2H])c([2H])c76)c5[2H])nc(-n5c6c([2H])c([2H])c([2H])c([2H])c6c6c([2H])c([2H])c([2H])c([2H])c65)n4)c3s2)c([2H])c1[2H]. The molecule has 0 unspecified atom stereocenters. The second-order valence-corrected chi connectivity index (χ2v) is 10.8. The molecule has 0 bridgehead atoms. The smallest absolute Gasteiger partial charge is 0.238 e. The van der Waals surface area contributed by atoms with Crippen LogP contribution in [0.15, 0.2) is 143 Å². The van der Waals surface area contributed by atoms with E-state index >= 15 is 0 Å². The first-order valence-corrected chi connectivity index (χ1v) is 14.3. The van der Waals surface area contributed by atoms with Gasteiger partial charge in [-0.15, -0.1) is 11.3 Å². The number of fused-ring (bicyclic) bond motifs is 7. The molecule has 4 aromatic heterocycles. The monoisotopic (exact) mass is 644 g/mol. The molecule has 0 saturated carbocycles. The lowest BCUT2D eigenvalue weighted by Crippen LogP contribution is -2.06. The van der Waals surface area contributed by atoms with Crippen molar-refractivity contribution in [3.63, 3.8) is 0 Å². The summed E-state index contributed by atoms with van der Waals surface area (Å²) in [5, 5.41) is -1.74. The lowest BCUT2D eigenvalue weighted by atomic mass is 10.1. The minimum Gasteiger partial charge on any atom is -0.456 e. The largest absolute Gasteiger partial charge is 0.456 e. The summed E-state index contributed by atoms with van der Waals surface area (Å²) in [6.45, 7) is 0. The Bertz CT molecular complexity index is 4020. The lowest BCUT2D eigenvalue weighted by Gasteiger charge is -2.11. The van der Waals surface area contributed by atoms with Gasteiger partial charge in [-0.2, -0.15) is 9.97 Å². The van der Waals surface area contributed by atoms with Crippen molar-refractivity contribution in [1.82, 2.24) is 24.5 Å². The van der Waals surface area contributed by atoms with Gasteiger partial charge in [-0.1, -0.05) is 96.7 Å². The predicted molar refractivity (Wildman–Crippen MR) is 191 cm³/mol. The number of para-hydroxylation sites is 3. The number of hydrogen-bond acceptors (Lipinski definition) is 6. The van der Waals surface area contributed by atoms with Gasteiger partial charge in [-0.05, 0) is 42.3 Å². The molecule has 7 heteroatoms. The molecule has 0 aliphatic heterocycles. The summed E-state index contributed by atoms with van der Waals surface area (Å²) >= 11 is 0.609. The average molecular weight is 645 g/mol. The second kappa shape index (κ2) is 10.2. The van der Waals surface area contributed by atoms with Gasteiger partial charge >= 0.3 is 0 Å². The zero-order chi connectivity index (χ0) is 50.9. The number of thiazole rings is 1. The fourth-order valence-electron chi connectivity index (χ4n) is 5.12. The van der Waals surface area contributed by atoms with E-state index in [0.717, 1.165) is 4.57 Å². The topological polar surface area (TPSA) is 69.6 Å². The molecule has 6 nitrogen and oxygen atoms in total. The van der Waals surface area contributed by atoms with Crippen LogP contribution in [-0.2, 0) is 0 Å². The quantitative estimate of drug-likeness (QED) is 0.191. The Morgan fingerprint density at radius 3 is 2.02 bits per heavy atom. The lowest BCUT2D eigenvalue weighted by molar-refractivity contribution is 0.669. The minimum absolute atomic E-state index is 0.184. The van der Waals surface area contributed by atoms with E-state index in [-0.39, 0.29) is 26.0 Å². The van der Waals surface area contributed by atoms with Crippen LogP contribution < -0.4 is 0 Å². The van der Waals surface area contributed by atoms with Crippen molar-refractivity contribution in [1.29, 1.82) is 0 Å². The molecule has 220 valence electrons. The van der Waals surface area contributed by atoms with Crippen LogP contribution in [0.1, 0.15) is 31.5 Å². The second-order valence-electron chi connectivity index (χ2n) is 9.77. The highest BCUT2D eigenvalue weighted by molar-refractivity contribution is 7.22. The van der Waals surface area contributed by atoms with Gasteiger partial charge in [-0.3, -0.25) is 4.57 Å². The van der Waals surface area contributed by atoms with E-state index in [1.54, 1.807) is 0 Å². The molecule has 0 radical (unpaired) electrons. The summed E-state index contributed by atoms with van der Waals surface area (Å²) in [4.78, 5) is 18.0. The number of furan rings is 1. The molecule has 0 saturated heterocycles. The number of hydrogen-bond donors (Lipinski definition) is 0. The first kappa shape index (κ1) is 12.2. The van der Waals surface area contributed by atoms with Crippen LogP contribution in [0.4, 0.5) is 0 Å². The van der Waals surface area contributed by atoms with Gasteiger partial charge in [0.15, 0.2) is 11.6 Å². The van der Waals surface area contributed by atoms with Crippen LogP contribution in [0, 0.1) is 0 Å². The van der Waals surface area contributed by atoms with E-state index in [0.29, 0.717) is 11.3 Å². The van der Waals surface area contributed by atoms with E-state index in [9.17, 15) is 4.11 Å². The Morgan fingerprint density at radius 2 is 1.21 bits per heavy atom. The molecule has 0 fully saturated rings. The van der Waals surface area contributed by atoms with Crippen molar-refractivity contribution >= 4 is 65.3 Å². The van der Waals surface area contributed by atoms with Crippen LogP contribution in [0.25, 0.3) is 93.3 Å². The zero-order valence-corrected chi connectivity index (χ0v) is 23.9. The number of nitrogens with zero attached hydrogens (tertiary/aromatic N) is 5. The Labute approximate surface area is 304 Å². The maximum absolute atomic E-state index is 9.43. The normalized spacial score (nSPS) is 18.7. The van der Waals surface area contributed by atoms with Crippen molar-refractivity contribution in [2.24, 2.45) is 0 Å². The van der Waals surface area contributed by atoms with E-state index in [1.807, 2.05) is 0 Å². The van der Waals surface area contributed by atoms with Crippen LogP contribution in [0.2, 0.25) is 0 Å². The third-order valence-electron chi connectivity index (χ3n) is 7.13. The molecule has 10 rings (SSSR count). The van der Waals surface area contributed by atoms with Gasteiger partial charge in [0.05, 0.1) is 52.8 Å². The highest BCUT2D eigenvalue weighted by Gasteiger charge is 2.20. The minimum atomic E-state index is -0.832. The maximum Gasteiger partial charge on any atom is 0.238 e. The maximum atomic E-state index is 9.43. The Balaban J connectivity index is 1.41. The highest BCUT2D eigenvalue weighted by Crippen LogP contribution is 2.38. The third-order valence-corrected chi connectivity index (χ3v) is 8.22. The standard InChI is InChI=1S/C40H23N5OS/c1-2-11-24(12-3-1)39-41-31-17-10-16-30(36(31)47-39)38-42-37(25-21-22-29-28-15-6-9-20-34(28)46-35(29)23-25)43-40(44-38)45-32-18-7-4-13-26(32)27-14-5-8-19-33(27)45/h1-23H/i1D,2D,3D,4D,5D,6D,7D,8D,9D,10D,11D,12D,13D,14D,15D,16D,17D,18D,19D,20D,21D,22D,23D. The van der Waals surface area contributed by atoms with E-state index in [1.165, 1.54) is 0 Å². The van der Waals surface area contributed by atoms with E-state index < -0.39 is 206 Å². The fraction of sp³-hybridized carbons (Fsp3) is 0. The van der Waals surface area contributed by atoms with E-state index in [2.05, 4.69) is 19.9 Å². The molecule has 0 N–H and O–H groups in total. The fourth-order valence-corrected chi connectivity index (χ4v) is 6.10. The molecule has 6 aromatic carbocycles. The summed E-state index contributed by atoms with van der Waals surface area (Å²) in [5.74, 6) is -2.13. The van der Waals surface area contributed by atoms with Gasteiger partial charge < -0.3 is 4.42 Å². The first-order chi connectivity index (χ1) is 32.8. The average Bonchev–Trinajstić information content (AvgIpc) is 4.06. The van der Waals surface area contributed by atoms with Crippen molar-refractivity contribution in [2.75, 3.05) is 0 Å².